The van der Waals surface area contributed by atoms with E-state index < -0.39 is 35.6 Å². The zero-order valence-electron chi connectivity index (χ0n) is 44.1. The fourth-order valence-corrected chi connectivity index (χ4v) is 7.84. The van der Waals surface area contributed by atoms with Gasteiger partial charge in [0.2, 0.25) is 5.91 Å². The summed E-state index contributed by atoms with van der Waals surface area (Å²) in [4.78, 5) is 59.6. The van der Waals surface area contributed by atoms with Crippen LogP contribution >= 0.6 is 0 Å². The molecule has 23 nitrogen and oxygen atoms in total. The number of ether oxygens (including phenoxy) is 1. The van der Waals surface area contributed by atoms with Crippen LogP contribution in [0.3, 0.4) is 0 Å². The van der Waals surface area contributed by atoms with Gasteiger partial charge in [-0.2, -0.15) is 36.5 Å². The third-order valence-corrected chi connectivity index (χ3v) is 11.6. The lowest BCUT2D eigenvalue weighted by molar-refractivity contribution is -0.144. The second-order valence-electron chi connectivity index (χ2n) is 17.4. The third-order valence-electron chi connectivity index (χ3n) is 11.6. The summed E-state index contributed by atoms with van der Waals surface area (Å²) in [5.41, 5.74) is 11.3. The number of pyridine rings is 6. The predicted octanol–water partition coefficient (Wildman–Crippen LogP) is 8.48. The lowest BCUT2D eigenvalue weighted by Gasteiger charge is -2.07. The molecule has 11 aromatic heterocycles. The smallest absolute Gasteiger partial charge is 0.433 e. The largest absolute Gasteiger partial charge is 0.480 e. The van der Waals surface area contributed by atoms with Gasteiger partial charge in [0.05, 0.1) is 48.8 Å². The number of carboxylic acids is 1. The number of halogens is 6. The maximum atomic E-state index is 12.8. The predicted molar refractivity (Wildman–Crippen MR) is 294 cm³/mol. The molecule has 0 unspecified atom stereocenters. The molecule has 29 heteroatoms. The van der Waals surface area contributed by atoms with Crippen LogP contribution in [0.5, 0.6) is 0 Å². The maximum absolute atomic E-state index is 12.8. The summed E-state index contributed by atoms with van der Waals surface area (Å²) >= 11 is 0. The van der Waals surface area contributed by atoms with Crippen LogP contribution < -0.4 is 27.0 Å². The summed E-state index contributed by atoms with van der Waals surface area (Å²) in [6.45, 7) is 1.93. The number of esters is 1. The van der Waals surface area contributed by atoms with Crippen LogP contribution in [0.15, 0.2) is 159 Å². The molecular weight excluding hydrogens is 1090 g/mol. The number of nitrogens with one attached hydrogen (secondary N) is 4. The van der Waals surface area contributed by atoms with Crippen molar-refractivity contribution in [3.63, 3.8) is 0 Å². The second kappa shape index (κ2) is 25.9. The summed E-state index contributed by atoms with van der Waals surface area (Å²) < 4.78 is 86.3. The van der Waals surface area contributed by atoms with Crippen molar-refractivity contribution < 1.29 is 50.6 Å². The number of imidazole rings is 3. The standard InChI is InChI=1S/C19H16F3N7O.C16H16N4O2.C14H12N4O2.C5H6F3N3/c1-28-14(19(20,21)22)8-16(27-28)26-18(30)11-24-15-6-5-12(9-23-15)13-10-25-17-4-2-3-7-29(13)17;1-2-22-16(21)11-18-14-7-6-12(9-17-14)13-10-19-15-5-3-4-8-20(13)15;19-14(20)9-16-12-5-4-10(7-15-12)11-8-17-13-3-1-2-6-18(11)13;1-11-3(5(6,7)8)2-4(9)10-11/h2-10H,11H2,1H3,(H,23,24)(H,26,27,30);3-10H,2,11H2,1H3,(H,17,18);1-8H,9H2,(H,15,16)(H,19,20);2H,1H3,(H2,9,10). The normalized spacial score (nSPS) is 11.1. The van der Waals surface area contributed by atoms with E-state index in [2.05, 4.69) is 61.4 Å². The molecule has 0 aliphatic carbocycles. The lowest BCUT2D eigenvalue weighted by atomic mass is 10.2. The molecule has 0 aromatic carbocycles. The number of alkyl halides is 6. The number of carbonyl (C=O) groups is 3. The fraction of sp³-hybridized carbons (Fsp3) is 0.167. The number of rotatable bonds is 14. The number of nitrogen functional groups attached to an aromatic ring is 1. The Morgan fingerprint density at radius 2 is 0.940 bits per heavy atom. The highest BCUT2D eigenvalue weighted by atomic mass is 19.4. The van der Waals surface area contributed by atoms with Crippen molar-refractivity contribution in [2.45, 2.75) is 19.3 Å². The van der Waals surface area contributed by atoms with Gasteiger partial charge in [-0.3, -0.25) is 36.9 Å². The van der Waals surface area contributed by atoms with E-state index in [-0.39, 0.29) is 37.2 Å². The molecule has 11 rings (SSSR count). The number of carboxylic acid groups (broad SMARTS) is 1. The summed E-state index contributed by atoms with van der Waals surface area (Å²) in [6, 6.07) is 29.9. The summed E-state index contributed by atoms with van der Waals surface area (Å²) in [5, 5.41) is 26.4. The Kier molecular flexibility index (Phi) is 18.2. The van der Waals surface area contributed by atoms with Gasteiger partial charge >= 0.3 is 24.3 Å². The van der Waals surface area contributed by atoms with E-state index in [1.807, 2.05) is 117 Å². The van der Waals surface area contributed by atoms with E-state index in [9.17, 15) is 40.7 Å². The molecule has 0 bridgehead atoms. The van der Waals surface area contributed by atoms with Crippen LogP contribution in [-0.2, 0) is 45.6 Å². The Labute approximate surface area is 466 Å². The van der Waals surface area contributed by atoms with Crippen LogP contribution in [0.2, 0.25) is 0 Å². The van der Waals surface area contributed by atoms with Crippen molar-refractivity contribution in [1.82, 2.24) is 62.7 Å². The number of hydrogen-bond donors (Lipinski definition) is 6. The molecule has 0 radical (unpaired) electrons. The fourth-order valence-electron chi connectivity index (χ4n) is 7.84. The summed E-state index contributed by atoms with van der Waals surface area (Å²) in [5.74, 6) is -0.454. The van der Waals surface area contributed by atoms with Crippen molar-refractivity contribution in [2.24, 2.45) is 14.1 Å². The number of amides is 1. The number of carbonyl (C=O) groups excluding carboxylic acids is 2. The van der Waals surface area contributed by atoms with E-state index in [1.54, 1.807) is 50.0 Å². The second-order valence-corrected chi connectivity index (χ2v) is 17.4. The number of aromatic nitrogens is 13. The minimum atomic E-state index is -4.55. The maximum Gasteiger partial charge on any atom is 0.433 e. The minimum Gasteiger partial charge on any atom is -0.480 e. The number of anilines is 5. The van der Waals surface area contributed by atoms with Gasteiger partial charge in [0.1, 0.15) is 64.7 Å². The van der Waals surface area contributed by atoms with Crippen LogP contribution in [0.4, 0.5) is 55.4 Å². The molecule has 0 saturated heterocycles. The average Bonchev–Trinajstić information content (AvgIpc) is 4.54. The highest BCUT2D eigenvalue weighted by Crippen LogP contribution is 2.31. The number of aliphatic carboxylic acids is 1. The van der Waals surface area contributed by atoms with Gasteiger partial charge in [0, 0.05) is 80.1 Å². The molecule has 11 heterocycles. The molecule has 0 atom stereocenters. The molecule has 0 aliphatic rings. The van der Waals surface area contributed by atoms with Crippen molar-refractivity contribution >= 4 is 63.9 Å². The first kappa shape index (κ1) is 58.3. The van der Waals surface area contributed by atoms with Gasteiger partial charge < -0.3 is 36.8 Å². The molecule has 11 aromatic rings. The number of aryl methyl sites for hydroxylation is 2. The first-order valence-corrected chi connectivity index (χ1v) is 24.8. The van der Waals surface area contributed by atoms with Crippen molar-refractivity contribution in [2.75, 3.05) is 53.2 Å². The topological polar surface area (TPSA) is 281 Å². The van der Waals surface area contributed by atoms with Crippen molar-refractivity contribution in [3.05, 3.63) is 170 Å². The van der Waals surface area contributed by atoms with Crippen LogP contribution in [0.1, 0.15) is 18.3 Å². The highest BCUT2D eigenvalue weighted by Gasteiger charge is 2.36. The van der Waals surface area contributed by atoms with Gasteiger partial charge in [0.15, 0.2) is 5.82 Å². The number of nitrogens with two attached hydrogens (primary N) is 1. The molecule has 0 spiro atoms. The van der Waals surface area contributed by atoms with Crippen LogP contribution in [0, 0.1) is 0 Å². The Morgan fingerprint density at radius 3 is 1.29 bits per heavy atom. The number of nitrogens with zero attached hydrogens (tertiary/aromatic N) is 13. The van der Waals surface area contributed by atoms with E-state index in [1.165, 1.54) is 7.05 Å². The zero-order valence-corrected chi connectivity index (χ0v) is 44.1. The molecule has 428 valence electrons. The molecule has 7 N–H and O–H groups in total. The monoisotopic (exact) mass is 1140 g/mol. The van der Waals surface area contributed by atoms with Crippen molar-refractivity contribution in [3.8, 4) is 33.8 Å². The van der Waals surface area contributed by atoms with E-state index in [0.29, 0.717) is 33.4 Å². The quantitative estimate of drug-likeness (QED) is 0.0440. The molecule has 83 heavy (non-hydrogen) atoms. The van der Waals surface area contributed by atoms with E-state index in [4.69, 9.17) is 15.6 Å². The average molecular weight is 1150 g/mol. The zero-order chi connectivity index (χ0) is 59.3. The van der Waals surface area contributed by atoms with Gasteiger partial charge in [0.25, 0.3) is 0 Å². The molecule has 0 saturated carbocycles. The molecule has 0 fully saturated rings. The van der Waals surface area contributed by atoms with Gasteiger partial charge in [-0.1, -0.05) is 18.2 Å². The Hall–Kier alpha value is -10.9. The minimum absolute atomic E-state index is 0.107. The van der Waals surface area contributed by atoms with Crippen LogP contribution in [0.25, 0.3) is 50.7 Å². The number of hydrogen-bond acceptors (Lipinski definition) is 16. The van der Waals surface area contributed by atoms with Gasteiger partial charge in [-0.05, 0) is 79.7 Å². The Morgan fingerprint density at radius 1 is 0.530 bits per heavy atom. The van der Waals surface area contributed by atoms with E-state index in [0.717, 1.165) is 69.9 Å². The molecule has 0 aliphatic heterocycles. The Bertz CT molecular complexity index is 3970. The SMILES string of the molecule is CCOC(=O)CNc1ccc(-c2cnc3ccccn23)cn1.Cn1nc(N)cc1C(F)(F)F.Cn1nc(NC(=O)CNc2ccc(-c3cnc4ccccn34)cn2)cc1C(F)(F)F.O=C(O)CNc1ccc(-c2cnc3ccccn23)cn1. The highest BCUT2D eigenvalue weighted by molar-refractivity contribution is 5.93. The first-order valence-electron chi connectivity index (χ1n) is 24.8. The summed E-state index contributed by atoms with van der Waals surface area (Å²) in [6.07, 6.45) is 7.32. The van der Waals surface area contributed by atoms with E-state index >= 15 is 0 Å². The molecular formula is C54H50F6N18O5. The van der Waals surface area contributed by atoms with Crippen molar-refractivity contribution in [1.29, 1.82) is 0 Å². The lowest BCUT2D eigenvalue weighted by Crippen LogP contribution is -2.22. The molecule has 1 amide bonds. The Balaban J connectivity index is 0.000000152. The van der Waals surface area contributed by atoms with Gasteiger partial charge in [-0.15, -0.1) is 0 Å². The van der Waals surface area contributed by atoms with Crippen LogP contribution in [-0.4, -0.2) is 112 Å². The number of fused-ring (bicyclic) bond motifs is 3. The first-order chi connectivity index (χ1) is 39.7. The van der Waals surface area contributed by atoms with Gasteiger partial charge in [-0.25, -0.2) is 29.9 Å². The third kappa shape index (κ3) is 15.3. The summed E-state index contributed by atoms with van der Waals surface area (Å²) in [7, 11) is 2.35.